The van der Waals surface area contributed by atoms with Gasteiger partial charge in [-0.1, -0.05) is 0 Å². The maximum atomic E-state index is 13.4. The minimum atomic E-state index is -0.868. The molecule has 3 atom stereocenters. The summed E-state index contributed by atoms with van der Waals surface area (Å²) in [5.74, 6) is -1.37. The number of unbranched alkanes of at least 4 members (excludes halogenated alkanes) is 1. The van der Waals surface area contributed by atoms with Crippen LogP contribution in [0.15, 0.2) is 4.99 Å². The molecule has 0 saturated carbocycles. The lowest BCUT2D eigenvalue weighted by Crippen LogP contribution is -2.56. The maximum absolute atomic E-state index is 13.4. The molecule has 12 nitrogen and oxygen atoms in total. The number of amides is 4. The monoisotopic (exact) mass is 468 g/mol. The van der Waals surface area contributed by atoms with Gasteiger partial charge in [-0.2, -0.15) is 0 Å². The lowest BCUT2D eigenvalue weighted by molar-refractivity contribution is -0.142. The van der Waals surface area contributed by atoms with Crippen LogP contribution in [0.5, 0.6) is 0 Å². The Balaban J connectivity index is 2.97. The molecule has 0 aromatic rings. The summed E-state index contributed by atoms with van der Waals surface area (Å²) in [5.41, 5.74) is 16.3. The second-order valence-corrected chi connectivity index (χ2v) is 8.13. The Bertz CT molecular complexity index is 696. The average Bonchev–Trinajstić information content (AvgIpc) is 3.24. The van der Waals surface area contributed by atoms with Crippen LogP contribution < -0.4 is 33.2 Å². The van der Waals surface area contributed by atoms with Gasteiger partial charge in [0, 0.05) is 26.6 Å². The zero-order valence-electron chi connectivity index (χ0n) is 19.8. The summed E-state index contributed by atoms with van der Waals surface area (Å²) in [5, 5.41) is 8.19. The summed E-state index contributed by atoms with van der Waals surface area (Å²) in [4.78, 5) is 55.8. The van der Waals surface area contributed by atoms with Crippen LogP contribution >= 0.6 is 0 Å². The smallest absolute Gasteiger partial charge is 0.245 e. The van der Waals surface area contributed by atoms with Crippen LogP contribution in [0, 0.1) is 0 Å². The van der Waals surface area contributed by atoms with Gasteiger partial charge >= 0.3 is 0 Å². The fraction of sp³-hybridized carbons (Fsp3) is 0.762. The SMILES string of the molecule is CCNC(=O)[C@@H]1CCCN1C(=O)[C@H](CCCN=C(N)N)NC(=O)[C@H](CCCCN)NC(C)=O. The first-order valence-electron chi connectivity index (χ1n) is 11.6. The van der Waals surface area contributed by atoms with Crippen molar-refractivity contribution in [2.75, 3.05) is 26.2 Å². The van der Waals surface area contributed by atoms with E-state index in [1.54, 1.807) is 0 Å². The van der Waals surface area contributed by atoms with Crippen molar-refractivity contribution in [3.8, 4) is 0 Å². The second kappa shape index (κ2) is 15.0. The molecular weight excluding hydrogens is 428 g/mol. The number of nitrogens with two attached hydrogens (primary N) is 3. The van der Waals surface area contributed by atoms with Gasteiger partial charge in [-0.15, -0.1) is 0 Å². The van der Waals surface area contributed by atoms with E-state index in [0.29, 0.717) is 64.7 Å². The second-order valence-electron chi connectivity index (χ2n) is 8.13. The third-order valence-corrected chi connectivity index (χ3v) is 5.39. The Morgan fingerprint density at radius 2 is 1.76 bits per heavy atom. The van der Waals surface area contributed by atoms with E-state index in [2.05, 4.69) is 20.9 Å². The number of hydrogen-bond acceptors (Lipinski definition) is 6. The molecule has 33 heavy (non-hydrogen) atoms. The summed E-state index contributed by atoms with van der Waals surface area (Å²) in [6.07, 6.45) is 3.79. The van der Waals surface area contributed by atoms with Gasteiger partial charge in [0.05, 0.1) is 0 Å². The number of likely N-dealkylation sites (N-methyl/N-ethyl adjacent to an activating group) is 1. The molecule has 1 heterocycles. The van der Waals surface area contributed by atoms with Gasteiger partial charge in [0.1, 0.15) is 18.1 Å². The molecule has 9 N–H and O–H groups in total. The quantitative estimate of drug-likeness (QED) is 0.0989. The molecule has 4 amide bonds. The molecule has 1 aliphatic rings. The Morgan fingerprint density at radius 1 is 1.06 bits per heavy atom. The molecule has 0 aromatic carbocycles. The fourth-order valence-electron chi connectivity index (χ4n) is 3.84. The summed E-state index contributed by atoms with van der Waals surface area (Å²) < 4.78 is 0. The number of nitrogens with one attached hydrogen (secondary N) is 3. The first kappa shape index (κ1) is 28.1. The van der Waals surface area contributed by atoms with Crippen molar-refractivity contribution >= 4 is 29.6 Å². The molecule has 1 rings (SSSR count). The Hall–Kier alpha value is -2.89. The molecule has 1 fully saturated rings. The van der Waals surface area contributed by atoms with Crippen LogP contribution in [0.1, 0.15) is 58.8 Å². The predicted molar refractivity (Wildman–Crippen MR) is 126 cm³/mol. The van der Waals surface area contributed by atoms with E-state index < -0.39 is 24.0 Å². The highest BCUT2D eigenvalue weighted by Crippen LogP contribution is 2.20. The normalized spacial score (nSPS) is 17.1. The largest absolute Gasteiger partial charge is 0.370 e. The minimum absolute atomic E-state index is 0.0524. The molecule has 1 aliphatic heterocycles. The van der Waals surface area contributed by atoms with E-state index in [-0.39, 0.29) is 30.1 Å². The zero-order valence-corrected chi connectivity index (χ0v) is 19.8. The maximum Gasteiger partial charge on any atom is 0.245 e. The fourth-order valence-corrected chi connectivity index (χ4v) is 3.84. The molecule has 1 saturated heterocycles. The third kappa shape index (κ3) is 10.1. The molecule has 0 aliphatic carbocycles. The number of likely N-dealkylation sites (tertiary alicyclic amines) is 1. The topological polar surface area (TPSA) is 198 Å². The highest BCUT2D eigenvalue weighted by atomic mass is 16.2. The van der Waals surface area contributed by atoms with Crippen molar-refractivity contribution in [3.63, 3.8) is 0 Å². The Morgan fingerprint density at radius 3 is 2.36 bits per heavy atom. The number of carbonyl (C=O) groups excluding carboxylic acids is 4. The van der Waals surface area contributed by atoms with Crippen LogP contribution in [0.3, 0.4) is 0 Å². The highest BCUT2D eigenvalue weighted by Gasteiger charge is 2.37. The van der Waals surface area contributed by atoms with Gasteiger partial charge in [0.2, 0.25) is 23.6 Å². The van der Waals surface area contributed by atoms with Crippen LogP contribution in [0.25, 0.3) is 0 Å². The van der Waals surface area contributed by atoms with Crippen molar-refractivity contribution in [1.82, 2.24) is 20.9 Å². The van der Waals surface area contributed by atoms with E-state index in [0.717, 1.165) is 0 Å². The van der Waals surface area contributed by atoms with E-state index in [1.165, 1.54) is 11.8 Å². The molecule has 0 radical (unpaired) electrons. The van der Waals surface area contributed by atoms with Gasteiger partial charge in [0.15, 0.2) is 5.96 Å². The number of aliphatic imine (C=N–C) groups is 1. The van der Waals surface area contributed by atoms with Crippen molar-refractivity contribution in [2.24, 2.45) is 22.2 Å². The number of hydrogen-bond donors (Lipinski definition) is 6. The lowest BCUT2D eigenvalue weighted by atomic mass is 10.1. The van der Waals surface area contributed by atoms with Crippen LogP contribution in [0.4, 0.5) is 0 Å². The van der Waals surface area contributed by atoms with E-state index in [4.69, 9.17) is 17.2 Å². The minimum Gasteiger partial charge on any atom is -0.370 e. The lowest BCUT2D eigenvalue weighted by Gasteiger charge is -2.29. The number of rotatable bonds is 14. The van der Waals surface area contributed by atoms with E-state index in [1.807, 2.05) is 6.92 Å². The van der Waals surface area contributed by atoms with Crippen LogP contribution in [0.2, 0.25) is 0 Å². The standard InChI is InChI=1S/C21H40N8O4/c1-3-25-19(32)17-10-7-13-29(17)20(33)16(9-6-12-26-21(23)24)28-18(31)15(27-14(2)30)8-4-5-11-22/h15-17H,3-13,22H2,1-2H3,(H,25,32)(H,27,30)(H,28,31)(H4,23,24,26)/t15-,16-,17-/m0/s1. The first-order chi connectivity index (χ1) is 15.7. The van der Waals surface area contributed by atoms with Crippen molar-refractivity contribution in [1.29, 1.82) is 0 Å². The Kier molecular flexibility index (Phi) is 12.8. The molecule has 0 unspecified atom stereocenters. The van der Waals surface area contributed by atoms with Gasteiger partial charge in [-0.25, -0.2) is 0 Å². The highest BCUT2D eigenvalue weighted by molar-refractivity contribution is 5.94. The molecule has 0 bridgehead atoms. The third-order valence-electron chi connectivity index (χ3n) is 5.39. The summed E-state index contributed by atoms with van der Waals surface area (Å²) in [6.45, 7) is 4.84. The van der Waals surface area contributed by atoms with Gasteiger partial charge < -0.3 is 38.1 Å². The van der Waals surface area contributed by atoms with Crippen LogP contribution in [-0.2, 0) is 19.2 Å². The summed E-state index contributed by atoms with van der Waals surface area (Å²) >= 11 is 0. The van der Waals surface area contributed by atoms with Crippen LogP contribution in [-0.4, -0.2) is 78.8 Å². The van der Waals surface area contributed by atoms with E-state index >= 15 is 0 Å². The Labute approximate surface area is 195 Å². The van der Waals surface area contributed by atoms with Crippen molar-refractivity contribution in [3.05, 3.63) is 0 Å². The molecule has 0 aromatic heterocycles. The summed E-state index contributed by atoms with van der Waals surface area (Å²) in [7, 11) is 0. The first-order valence-corrected chi connectivity index (χ1v) is 11.6. The molecule has 188 valence electrons. The van der Waals surface area contributed by atoms with Crippen molar-refractivity contribution in [2.45, 2.75) is 76.9 Å². The van der Waals surface area contributed by atoms with E-state index in [9.17, 15) is 19.2 Å². The number of nitrogens with zero attached hydrogens (tertiary/aromatic N) is 2. The summed E-state index contributed by atoms with van der Waals surface area (Å²) in [6, 6.07) is -2.21. The average molecular weight is 469 g/mol. The molecule has 0 spiro atoms. The zero-order chi connectivity index (χ0) is 24.8. The molecular formula is C21H40N8O4. The molecule has 12 heteroatoms. The number of carbonyl (C=O) groups is 4. The predicted octanol–water partition coefficient (Wildman–Crippen LogP) is -1.71. The van der Waals surface area contributed by atoms with Gasteiger partial charge in [-0.05, 0) is 58.4 Å². The van der Waals surface area contributed by atoms with Gasteiger partial charge in [-0.3, -0.25) is 24.2 Å². The van der Waals surface area contributed by atoms with Gasteiger partial charge in [0.25, 0.3) is 0 Å². The van der Waals surface area contributed by atoms with Crippen molar-refractivity contribution < 1.29 is 19.2 Å². The number of guanidine groups is 1.